The average Bonchev–Trinajstić information content (AvgIpc) is 2.56. The molecule has 0 aromatic carbocycles. The molecule has 1 aliphatic rings. The van der Waals surface area contributed by atoms with E-state index in [0.29, 0.717) is 19.6 Å². The van der Waals surface area contributed by atoms with Crippen molar-refractivity contribution in [2.75, 3.05) is 13.2 Å². The maximum Gasteiger partial charge on any atom is 0.108 e. The van der Waals surface area contributed by atoms with Crippen molar-refractivity contribution in [1.82, 2.24) is 0 Å². The summed E-state index contributed by atoms with van der Waals surface area (Å²) >= 11 is 0. The molecular weight excluding hydrogens is 145 g/mol. The minimum absolute atomic E-state index is 0.141. The number of nitrogens with two attached hydrogens (primary N) is 1. The van der Waals surface area contributed by atoms with Crippen LogP contribution in [0.2, 0.25) is 0 Å². The van der Waals surface area contributed by atoms with Crippen LogP contribution in [0.1, 0.15) is 20.3 Å². The summed E-state index contributed by atoms with van der Waals surface area (Å²) in [6, 6.07) is -0.141. The van der Waals surface area contributed by atoms with Gasteiger partial charge in [-0.25, -0.2) is 4.39 Å². The van der Waals surface area contributed by atoms with Crippen LogP contribution in [0.3, 0.4) is 0 Å². The van der Waals surface area contributed by atoms with Gasteiger partial charge in [0.1, 0.15) is 6.17 Å². The third-order valence-corrected chi connectivity index (χ3v) is 2.52. The zero-order valence-electron chi connectivity index (χ0n) is 7.14. The number of rotatable bonds is 4. The van der Waals surface area contributed by atoms with Crippen LogP contribution in [-0.2, 0) is 4.74 Å². The molecular formula is C8H16FNO. The lowest BCUT2D eigenvalue weighted by Gasteiger charge is -2.17. The molecule has 0 amide bonds. The van der Waals surface area contributed by atoms with E-state index < -0.39 is 6.17 Å². The maximum absolute atomic E-state index is 12.7. The minimum Gasteiger partial charge on any atom is -0.380 e. The van der Waals surface area contributed by atoms with Crippen molar-refractivity contribution in [2.24, 2.45) is 11.1 Å². The monoisotopic (exact) mass is 161 g/mol. The Kier molecular flexibility index (Phi) is 2.50. The summed E-state index contributed by atoms with van der Waals surface area (Å²) in [5, 5.41) is 0. The molecule has 3 heteroatoms. The first kappa shape index (κ1) is 8.94. The summed E-state index contributed by atoms with van der Waals surface area (Å²) in [4.78, 5) is 0. The molecule has 0 aliphatic heterocycles. The molecule has 1 saturated carbocycles. The molecule has 3 atom stereocenters. The van der Waals surface area contributed by atoms with Crippen LogP contribution >= 0.6 is 0 Å². The normalized spacial score (nSPS) is 38.7. The van der Waals surface area contributed by atoms with E-state index in [2.05, 4.69) is 0 Å². The van der Waals surface area contributed by atoms with Gasteiger partial charge >= 0.3 is 0 Å². The molecule has 1 fully saturated rings. The van der Waals surface area contributed by atoms with E-state index in [1.807, 2.05) is 13.8 Å². The standard InChI is InChI=1S/C8H16FNO/c1-3-11-5-7(10)8(2)4-6(8)9/h6-7H,3-5,10H2,1-2H3. The smallest absolute Gasteiger partial charge is 0.108 e. The predicted octanol–water partition coefficient (Wildman–Crippen LogP) is 1.10. The second-order valence-electron chi connectivity index (χ2n) is 3.44. The van der Waals surface area contributed by atoms with E-state index in [1.54, 1.807) is 0 Å². The van der Waals surface area contributed by atoms with Gasteiger partial charge in [-0.05, 0) is 13.3 Å². The molecule has 0 radical (unpaired) electrons. The molecule has 2 N–H and O–H groups in total. The van der Waals surface area contributed by atoms with Crippen molar-refractivity contribution in [3.8, 4) is 0 Å². The van der Waals surface area contributed by atoms with Crippen LogP contribution in [-0.4, -0.2) is 25.4 Å². The average molecular weight is 161 g/mol. The van der Waals surface area contributed by atoms with E-state index in [1.165, 1.54) is 0 Å². The van der Waals surface area contributed by atoms with E-state index in [4.69, 9.17) is 10.5 Å². The molecule has 11 heavy (non-hydrogen) atoms. The van der Waals surface area contributed by atoms with Crippen molar-refractivity contribution < 1.29 is 9.13 Å². The molecule has 0 spiro atoms. The molecule has 0 saturated heterocycles. The van der Waals surface area contributed by atoms with Crippen LogP contribution in [0.15, 0.2) is 0 Å². The van der Waals surface area contributed by atoms with Crippen LogP contribution in [0, 0.1) is 5.41 Å². The topological polar surface area (TPSA) is 35.2 Å². The fourth-order valence-electron chi connectivity index (χ4n) is 1.15. The Hall–Kier alpha value is -0.150. The summed E-state index contributed by atoms with van der Waals surface area (Å²) in [6.07, 6.45) is -0.112. The Bertz CT molecular complexity index is 142. The van der Waals surface area contributed by atoms with Gasteiger partial charge in [0.2, 0.25) is 0 Å². The first-order valence-corrected chi connectivity index (χ1v) is 4.08. The van der Waals surface area contributed by atoms with Crippen molar-refractivity contribution in [1.29, 1.82) is 0 Å². The molecule has 1 rings (SSSR count). The van der Waals surface area contributed by atoms with Crippen LogP contribution in [0.25, 0.3) is 0 Å². The number of alkyl halides is 1. The molecule has 1 aliphatic carbocycles. The Morgan fingerprint density at radius 3 is 2.73 bits per heavy atom. The van der Waals surface area contributed by atoms with Gasteiger partial charge in [-0.1, -0.05) is 6.92 Å². The van der Waals surface area contributed by atoms with Crippen molar-refractivity contribution in [3.05, 3.63) is 0 Å². The fraction of sp³-hybridized carbons (Fsp3) is 1.00. The maximum atomic E-state index is 12.7. The minimum atomic E-state index is -0.710. The van der Waals surface area contributed by atoms with E-state index >= 15 is 0 Å². The van der Waals surface area contributed by atoms with Crippen molar-refractivity contribution in [3.63, 3.8) is 0 Å². The molecule has 3 unspecified atom stereocenters. The lowest BCUT2D eigenvalue weighted by atomic mass is 10.0. The lowest BCUT2D eigenvalue weighted by Crippen LogP contribution is -2.36. The van der Waals surface area contributed by atoms with Gasteiger partial charge in [-0.2, -0.15) is 0 Å². The molecule has 66 valence electrons. The van der Waals surface area contributed by atoms with Gasteiger partial charge in [0.05, 0.1) is 6.61 Å². The second kappa shape index (κ2) is 3.07. The van der Waals surface area contributed by atoms with Gasteiger partial charge in [0.25, 0.3) is 0 Å². The highest BCUT2D eigenvalue weighted by Gasteiger charge is 2.55. The third-order valence-electron chi connectivity index (χ3n) is 2.52. The summed E-state index contributed by atoms with van der Waals surface area (Å²) in [5.74, 6) is 0. The van der Waals surface area contributed by atoms with Crippen LogP contribution in [0.5, 0.6) is 0 Å². The zero-order valence-corrected chi connectivity index (χ0v) is 7.14. The van der Waals surface area contributed by atoms with Gasteiger partial charge in [0.15, 0.2) is 0 Å². The quantitative estimate of drug-likeness (QED) is 0.670. The Morgan fingerprint density at radius 1 is 1.82 bits per heavy atom. The summed E-state index contributed by atoms with van der Waals surface area (Å²) in [5.41, 5.74) is 5.43. The molecule has 2 nitrogen and oxygen atoms in total. The summed E-state index contributed by atoms with van der Waals surface area (Å²) in [6.45, 7) is 4.92. The zero-order chi connectivity index (χ0) is 8.48. The largest absolute Gasteiger partial charge is 0.380 e. The first-order valence-electron chi connectivity index (χ1n) is 4.08. The van der Waals surface area contributed by atoms with Crippen molar-refractivity contribution in [2.45, 2.75) is 32.5 Å². The van der Waals surface area contributed by atoms with Crippen LogP contribution < -0.4 is 5.73 Å². The van der Waals surface area contributed by atoms with E-state index in [-0.39, 0.29) is 11.5 Å². The van der Waals surface area contributed by atoms with Gasteiger partial charge in [-0.3, -0.25) is 0 Å². The van der Waals surface area contributed by atoms with E-state index in [9.17, 15) is 4.39 Å². The Balaban J connectivity index is 2.25. The van der Waals surface area contributed by atoms with Crippen LogP contribution in [0.4, 0.5) is 4.39 Å². The SMILES string of the molecule is CCOCC(N)C1(C)CC1F. The molecule has 0 aromatic rings. The number of halogens is 1. The first-order chi connectivity index (χ1) is 5.11. The summed E-state index contributed by atoms with van der Waals surface area (Å²) in [7, 11) is 0. The van der Waals surface area contributed by atoms with E-state index in [0.717, 1.165) is 0 Å². The number of ether oxygens (including phenoxy) is 1. The molecule has 0 bridgehead atoms. The van der Waals surface area contributed by atoms with Gasteiger partial charge < -0.3 is 10.5 Å². The highest BCUT2D eigenvalue weighted by Crippen LogP contribution is 2.50. The number of hydrogen-bond donors (Lipinski definition) is 1. The van der Waals surface area contributed by atoms with Gasteiger partial charge in [0, 0.05) is 18.1 Å². The third kappa shape index (κ3) is 1.71. The van der Waals surface area contributed by atoms with Crippen molar-refractivity contribution >= 4 is 0 Å². The van der Waals surface area contributed by atoms with Gasteiger partial charge in [-0.15, -0.1) is 0 Å². The second-order valence-corrected chi connectivity index (χ2v) is 3.44. The fourth-order valence-corrected chi connectivity index (χ4v) is 1.15. The summed E-state index contributed by atoms with van der Waals surface area (Å²) < 4.78 is 17.8. The number of hydrogen-bond acceptors (Lipinski definition) is 2. The lowest BCUT2D eigenvalue weighted by molar-refractivity contribution is 0.109. The molecule has 0 heterocycles. The molecule has 0 aromatic heterocycles. The predicted molar refractivity (Wildman–Crippen MR) is 42.1 cm³/mol. The Morgan fingerprint density at radius 2 is 2.36 bits per heavy atom. The Labute approximate surface area is 66.9 Å². The highest BCUT2D eigenvalue weighted by molar-refractivity contribution is 5.06. The highest BCUT2D eigenvalue weighted by atomic mass is 19.1.